The smallest absolute Gasteiger partial charge is 0.266 e. The van der Waals surface area contributed by atoms with E-state index >= 15 is 0 Å². The van der Waals surface area contributed by atoms with Crippen molar-refractivity contribution in [1.29, 1.82) is 0 Å². The van der Waals surface area contributed by atoms with E-state index < -0.39 is 0 Å². The monoisotopic (exact) mass is 368 g/mol. The van der Waals surface area contributed by atoms with Gasteiger partial charge in [-0.1, -0.05) is 22.0 Å². The molecule has 1 aromatic carbocycles. The number of hydrogen-bond acceptors (Lipinski definition) is 4. The van der Waals surface area contributed by atoms with Crippen LogP contribution in [0.2, 0.25) is 0 Å². The summed E-state index contributed by atoms with van der Waals surface area (Å²) in [5, 5.41) is 0.953. The lowest BCUT2D eigenvalue weighted by Gasteiger charge is -2.21. The van der Waals surface area contributed by atoms with Crippen molar-refractivity contribution >= 4 is 48.9 Å². The molecule has 3 rings (SSSR count). The summed E-state index contributed by atoms with van der Waals surface area (Å²) in [5.41, 5.74) is 6.79. The Hall–Kier alpha value is -1.11. The van der Waals surface area contributed by atoms with Crippen LogP contribution in [0.5, 0.6) is 0 Å². The fourth-order valence-electron chi connectivity index (χ4n) is 2.41. The van der Waals surface area contributed by atoms with Crippen molar-refractivity contribution in [2.24, 2.45) is 0 Å². The Bertz CT molecular complexity index is 682. The Morgan fingerprint density at radius 3 is 2.95 bits per heavy atom. The third-order valence-electron chi connectivity index (χ3n) is 3.67. The quantitative estimate of drug-likeness (QED) is 0.878. The number of fused-ring (bicyclic) bond motifs is 1. The maximum Gasteiger partial charge on any atom is 0.266 e. The van der Waals surface area contributed by atoms with Gasteiger partial charge in [0.25, 0.3) is 5.91 Å². The molecule has 2 N–H and O–H groups in total. The van der Waals surface area contributed by atoms with Crippen LogP contribution in [-0.2, 0) is 4.74 Å². The highest BCUT2D eigenvalue weighted by Gasteiger charge is 2.34. The molecule has 1 amide bonds. The summed E-state index contributed by atoms with van der Waals surface area (Å²) in [6.45, 7) is 1.18. The summed E-state index contributed by atoms with van der Waals surface area (Å²) in [4.78, 5) is 15.3. The van der Waals surface area contributed by atoms with Crippen molar-refractivity contribution in [2.45, 2.75) is 18.9 Å². The van der Waals surface area contributed by atoms with Gasteiger partial charge in [0.15, 0.2) is 0 Å². The number of carbonyl (C=O) groups excluding carboxylic acids is 1. The predicted octanol–water partition coefficient (Wildman–Crippen LogP) is 3.50. The van der Waals surface area contributed by atoms with Gasteiger partial charge in [-0.25, -0.2) is 0 Å². The van der Waals surface area contributed by atoms with Gasteiger partial charge in [0, 0.05) is 34.3 Å². The van der Waals surface area contributed by atoms with E-state index in [-0.39, 0.29) is 5.91 Å². The SMILES string of the molecule is COCCN(C(=O)c1sc2cc(Br)ccc2c1N)C1CC1. The number of amides is 1. The van der Waals surface area contributed by atoms with E-state index in [1.165, 1.54) is 11.3 Å². The molecular weight excluding hydrogens is 352 g/mol. The zero-order valence-electron chi connectivity index (χ0n) is 11.8. The second kappa shape index (κ2) is 5.94. The van der Waals surface area contributed by atoms with E-state index in [2.05, 4.69) is 15.9 Å². The van der Waals surface area contributed by atoms with Gasteiger partial charge in [-0.05, 0) is 25.0 Å². The van der Waals surface area contributed by atoms with Crippen LogP contribution < -0.4 is 5.73 Å². The van der Waals surface area contributed by atoms with Crippen LogP contribution in [0.25, 0.3) is 10.1 Å². The third-order valence-corrected chi connectivity index (χ3v) is 5.32. The summed E-state index contributed by atoms with van der Waals surface area (Å²) in [6.07, 6.45) is 2.15. The molecule has 1 aliphatic rings. The molecule has 0 atom stereocenters. The number of nitrogens with two attached hydrogens (primary N) is 1. The molecule has 4 nitrogen and oxygen atoms in total. The molecule has 0 aliphatic heterocycles. The minimum Gasteiger partial charge on any atom is -0.397 e. The number of carbonyl (C=O) groups is 1. The minimum atomic E-state index is 0.0318. The summed E-state index contributed by atoms with van der Waals surface area (Å²) in [5.74, 6) is 0.0318. The van der Waals surface area contributed by atoms with Gasteiger partial charge in [-0.15, -0.1) is 11.3 Å². The molecule has 1 saturated carbocycles. The maximum atomic E-state index is 12.8. The van der Waals surface area contributed by atoms with Crippen molar-refractivity contribution in [3.05, 3.63) is 27.5 Å². The van der Waals surface area contributed by atoms with Gasteiger partial charge in [0.05, 0.1) is 12.3 Å². The molecule has 21 heavy (non-hydrogen) atoms. The molecule has 112 valence electrons. The lowest BCUT2D eigenvalue weighted by atomic mass is 10.2. The zero-order valence-corrected chi connectivity index (χ0v) is 14.2. The molecule has 1 fully saturated rings. The largest absolute Gasteiger partial charge is 0.397 e. The number of nitrogens with zero attached hydrogens (tertiary/aromatic N) is 1. The number of halogens is 1. The van der Waals surface area contributed by atoms with Crippen molar-refractivity contribution in [3.8, 4) is 0 Å². The standard InChI is InChI=1S/C15H17BrN2O2S/c1-20-7-6-18(10-3-4-10)15(19)14-13(17)11-5-2-9(16)8-12(11)21-14/h2,5,8,10H,3-4,6-7,17H2,1H3. The fourth-order valence-corrected chi connectivity index (χ4v) is 4.04. The van der Waals surface area contributed by atoms with Crippen molar-refractivity contribution in [1.82, 2.24) is 4.90 Å². The predicted molar refractivity (Wildman–Crippen MR) is 89.9 cm³/mol. The van der Waals surface area contributed by atoms with Crippen molar-refractivity contribution in [2.75, 3.05) is 26.0 Å². The van der Waals surface area contributed by atoms with Crippen molar-refractivity contribution < 1.29 is 9.53 Å². The summed E-state index contributed by atoms with van der Waals surface area (Å²) < 4.78 is 7.14. The number of nitrogen functional groups attached to an aromatic ring is 1. The Labute approximate surface area is 136 Å². The Balaban J connectivity index is 1.94. The van der Waals surface area contributed by atoms with Crippen LogP contribution in [0.3, 0.4) is 0 Å². The number of thiophene rings is 1. The molecule has 1 aromatic heterocycles. The number of ether oxygens (including phenoxy) is 1. The highest BCUT2D eigenvalue weighted by atomic mass is 79.9. The van der Waals surface area contributed by atoms with Crippen LogP contribution in [0.4, 0.5) is 5.69 Å². The van der Waals surface area contributed by atoms with Gasteiger partial charge < -0.3 is 15.4 Å². The third kappa shape index (κ3) is 2.93. The lowest BCUT2D eigenvalue weighted by Crippen LogP contribution is -2.35. The van der Waals surface area contributed by atoms with Crippen molar-refractivity contribution in [3.63, 3.8) is 0 Å². The van der Waals surface area contributed by atoms with Gasteiger partial charge in [0.1, 0.15) is 4.88 Å². The molecule has 0 bridgehead atoms. The maximum absolute atomic E-state index is 12.8. The average Bonchev–Trinajstić information content (AvgIpc) is 3.24. The van der Waals surface area contributed by atoms with Gasteiger partial charge in [-0.2, -0.15) is 0 Å². The molecule has 6 heteroatoms. The molecule has 1 heterocycles. The summed E-state index contributed by atoms with van der Waals surface area (Å²) >= 11 is 4.92. The molecule has 2 aromatic rings. The highest BCUT2D eigenvalue weighted by Crippen LogP contribution is 2.37. The molecule has 1 aliphatic carbocycles. The molecule has 0 spiro atoms. The molecular formula is C15H17BrN2O2S. The van der Waals surface area contributed by atoms with Gasteiger partial charge >= 0.3 is 0 Å². The van der Waals surface area contributed by atoms with Gasteiger partial charge in [-0.3, -0.25) is 4.79 Å². The first-order chi connectivity index (χ1) is 10.1. The zero-order chi connectivity index (χ0) is 15.0. The number of methoxy groups -OCH3 is 1. The molecule has 0 radical (unpaired) electrons. The lowest BCUT2D eigenvalue weighted by molar-refractivity contribution is 0.0686. The number of anilines is 1. The number of rotatable bonds is 5. The molecule has 0 saturated heterocycles. The van der Waals surface area contributed by atoms with E-state index in [1.807, 2.05) is 23.1 Å². The van der Waals surface area contributed by atoms with Crippen LogP contribution >= 0.6 is 27.3 Å². The number of benzene rings is 1. The minimum absolute atomic E-state index is 0.0318. The average molecular weight is 369 g/mol. The van der Waals surface area contributed by atoms with E-state index in [1.54, 1.807) is 7.11 Å². The molecule has 0 unspecified atom stereocenters. The van der Waals surface area contributed by atoms with E-state index in [4.69, 9.17) is 10.5 Å². The Morgan fingerprint density at radius 2 is 2.29 bits per heavy atom. The summed E-state index contributed by atoms with van der Waals surface area (Å²) in [7, 11) is 1.65. The highest BCUT2D eigenvalue weighted by molar-refractivity contribution is 9.10. The first-order valence-electron chi connectivity index (χ1n) is 6.89. The summed E-state index contributed by atoms with van der Waals surface area (Å²) in [6, 6.07) is 6.26. The number of hydrogen-bond donors (Lipinski definition) is 1. The van der Waals surface area contributed by atoms with E-state index in [9.17, 15) is 4.79 Å². The van der Waals surface area contributed by atoms with Crippen LogP contribution in [0.15, 0.2) is 22.7 Å². The second-order valence-corrected chi connectivity index (χ2v) is 7.18. The second-order valence-electron chi connectivity index (χ2n) is 5.21. The topological polar surface area (TPSA) is 55.6 Å². The first kappa shape index (κ1) is 14.8. The van der Waals surface area contributed by atoms with E-state index in [0.29, 0.717) is 29.8 Å². The first-order valence-corrected chi connectivity index (χ1v) is 8.50. The van der Waals surface area contributed by atoms with Crippen LogP contribution in [-0.4, -0.2) is 37.1 Å². The normalized spacial score (nSPS) is 14.6. The Morgan fingerprint density at radius 1 is 1.52 bits per heavy atom. The van der Waals surface area contributed by atoms with Crippen LogP contribution in [0.1, 0.15) is 22.5 Å². The van der Waals surface area contributed by atoms with Crippen LogP contribution in [0, 0.1) is 0 Å². The Kier molecular flexibility index (Phi) is 4.19. The van der Waals surface area contributed by atoms with Gasteiger partial charge in [0.2, 0.25) is 0 Å². The fraction of sp³-hybridized carbons (Fsp3) is 0.400. The van der Waals surface area contributed by atoms with E-state index in [0.717, 1.165) is 27.4 Å².